The molecule has 0 radical (unpaired) electrons. The zero-order chi connectivity index (χ0) is 12.8. The predicted molar refractivity (Wildman–Crippen MR) is 80.1 cm³/mol. The maximum absolute atomic E-state index is 3.57. The second-order valence-corrected chi connectivity index (χ2v) is 6.07. The Hall–Kier alpha value is -0.780. The first kappa shape index (κ1) is 13.6. The topological polar surface area (TPSA) is 12.0 Å². The number of rotatable bonds is 4. The maximum Gasteiger partial charge on any atom is 0.0525 e. The van der Waals surface area contributed by atoms with Crippen molar-refractivity contribution in [2.24, 2.45) is 0 Å². The summed E-state index contributed by atoms with van der Waals surface area (Å²) in [5.74, 6) is 6.23. The summed E-state index contributed by atoms with van der Waals surface area (Å²) in [7, 11) is 0. The highest BCUT2D eigenvalue weighted by molar-refractivity contribution is 7.12. The quantitative estimate of drug-likeness (QED) is 0.636. The van der Waals surface area contributed by atoms with Crippen LogP contribution < -0.4 is 5.32 Å². The van der Waals surface area contributed by atoms with E-state index in [2.05, 4.69) is 30.1 Å². The summed E-state index contributed by atoms with van der Waals surface area (Å²) < 4.78 is 0. The molecule has 2 heteroatoms. The average molecular weight is 261 g/mol. The van der Waals surface area contributed by atoms with Crippen molar-refractivity contribution < 1.29 is 0 Å². The molecule has 2 rings (SSSR count). The number of aryl methyl sites for hydroxylation is 2. The van der Waals surface area contributed by atoms with Gasteiger partial charge in [0.15, 0.2) is 0 Å². The third kappa shape index (κ3) is 3.37. The summed E-state index contributed by atoms with van der Waals surface area (Å²) in [5, 5.41) is 3.57. The Morgan fingerprint density at radius 2 is 2.17 bits per heavy atom. The summed E-state index contributed by atoms with van der Waals surface area (Å²) in [6.45, 7) is 5.11. The van der Waals surface area contributed by atoms with E-state index < -0.39 is 0 Å². The molecule has 1 nitrogen and oxygen atoms in total. The Bertz CT molecular complexity index is 412. The molecule has 18 heavy (non-hydrogen) atoms. The minimum absolute atomic E-state index is 0.430. The summed E-state index contributed by atoms with van der Waals surface area (Å²) in [6, 6.07) is 2.87. The largest absolute Gasteiger partial charge is 0.309 e. The van der Waals surface area contributed by atoms with Crippen LogP contribution in [0.25, 0.3) is 0 Å². The number of fused-ring (bicyclic) bond motifs is 1. The Kier molecular flexibility index (Phi) is 5.28. The third-order valence-electron chi connectivity index (χ3n) is 3.54. The molecule has 0 fully saturated rings. The molecule has 1 aliphatic carbocycles. The molecular weight excluding hydrogens is 238 g/mol. The first-order chi connectivity index (χ1) is 8.85. The first-order valence-corrected chi connectivity index (χ1v) is 7.91. The van der Waals surface area contributed by atoms with E-state index in [1.807, 2.05) is 18.3 Å². The van der Waals surface area contributed by atoms with Crippen molar-refractivity contribution in [3.05, 3.63) is 21.4 Å². The molecule has 0 saturated carbocycles. The van der Waals surface area contributed by atoms with E-state index in [-0.39, 0.29) is 0 Å². The molecule has 0 aromatic carbocycles. The summed E-state index contributed by atoms with van der Waals surface area (Å²) in [4.78, 5) is 3.13. The number of hydrogen-bond acceptors (Lipinski definition) is 2. The molecule has 0 aliphatic heterocycles. The smallest absolute Gasteiger partial charge is 0.0525 e. The van der Waals surface area contributed by atoms with Crippen molar-refractivity contribution in [1.82, 2.24) is 5.32 Å². The van der Waals surface area contributed by atoms with Crippen molar-refractivity contribution in [3.63, 3.8) is 0 Å². The van der Waals surface area contributed by atoms with E-state index >= 15 is 0 Å². The van der Waals surface area contributed by atoms with Gasteiger partial charge in [0.05, 0.1) is 6.04 Å². The Balaban J connectivity index is 2.16. The van der Waals surface area contributed by atoms with Gasteiger partial charge in [0, 0.05) is 16.2 Å². The molecule has 1 aromatic rings. The highest BCUT2D eigenvalue weighted by atomic mass is 32.1. The molecule has 0 spiro atoms. The van der Waals surface area contributed by atoms with Crippen LogP contribution in [0.3, 0.4) is 0 Å². The van der Waals surface area contributed by atoms with Gasteiger partial charge in [0.1, 0.15) is 0 Å². The van der Waals surface area contributed by atoms with Crippen LogP contribution in [0.15, 0.2) is 6.07 Å². The van der Waals surface area contributed by atoms with Gasteiger partial charge in [-0.25, -0.2) is 0 Å². The average Bonchev–Trinajstić information content (AvgIpc) is 2.66. The highest BCUT2D eigenvalue weighted by Crippen LogP contribution is 2.33. The lowest BCUT2D eigenvalue weighted by molar-refractivity contribution is 0.573. The predicted octanol–water partition coefficient (Wildman–Crippen LogP) is 4.08. The van der Waals surface area contributed by atoms with Gasteiger partial charge >= 0.3 is 0 Å². The second-order valence-electron chi connectivity index (χ2n) is 4.90. The third-order valence-corrected chi connectivity index (χ3v) is 4.89. The van der Waals surface area contributed by atoms with Crippen molar-refractivity contribution in [2.45, 2.75) is 58.4 Å². The fraction of sp³-hybridized carbons (Fsp3) is 0.625. The van der Waals surface area contributed by atoms with Gasteiger partial charge in [-0.3, -0.25) is 0 Å². The minimum Gasteiger partial charge on any atom is -0.309 e. The highest BCUT2D eigenvalue weighted by Gasteiger charge is 2.17. The number of thiophene rings is 1. The Morgan fingerprint density at radius 1 is 1.33 bits per heavy atom. The molecule has 1 N–H and O–H groups in total. The van der Waals surface area contributed by atoms with E-state index in [9.17, 15) is 0 Å². The van der Waals surface area contributed by atoms with Crippen LogP contribution >= 0.6 is 11.3 Å². The normalized spacial score (nSPS) is 16.3. The molecule has 0 saturated heterocycles. The van der Waals surface area contributed by atoms with Crippen LogP contribution in [0.1, 0.15) is 60.9 Å². The molecule has 1 unspecified atom stereocenters. The van der Waals surface area contributed by atoms with E-state index in [1.54, 1.807) is 10.4 Å². The maximum atomic E-state index is 3.57. The zero-order valence-corrected chi connectivity index (χ0v) is 12.3. The lowest BCUT2D eigenvalue weighted by atomic mass is 10.1. The van der Waals surface area contributed by atoms with Crippen molar-refractivity contribution >= 4 is 11.3 Å². The summed E-state index contributed by atoms with van der Waals surface area (Å²) >= 11 is 2.02. The van der Waals surface area contributed by atoms with Gasteiger partial charge in [-0.1, -0.05) is 13.3 Å². The second kappa shape index (κ2) is 6.97. The van der Waals surface area contributed by atoms with Gasteiger partial charge in [0.25, 0.3) is 0 Å². The van der Waals surface area contributed by atoms with E-state index in [4.69, 9.17) is 0 Å². The number of nitrogens with one attached hydrogen (secondary N) is 1. The Morgan fingerprint density at radius 3 is 2.94 bits per heavy atom. The van der Waals surface area contributed by atoms with Crippen LogP contribution in [0.5, 0.6) is 0 Å². The van der Waals surface area contributed by atoms with E-state index in [0.717, 1.165) is 13.0 Å². The lowest BCUT2D eigenvalue weighted by Crippen LogP contribution is -2.19. The number of hydrogen-bond donors (Lipinski definition) is 1. The van der Waals surface area contributed by atoms with Gasteiger partial charge in [-0.2, -0.15) is 0 Å². The zero-order valence-electron chi connectivity index (χ0n) is 11.5. The molecule has 0 bridgehead atoms. The monoisotopic (exact) mass is 261 g/mol. The van der Waals surface area contributed by atoms with Crippen LogP contribution in [0.2, 0.25) is 0 Å². The molecule has 0 amide bonds. The van der Waals surface area contributed by atoms with E-state index in [0.29, 0.717) is 6.04 Å². The minimum atomic E-state index is 0.430. The fourth-order valence-corrected chi connectivity index (χ4v) is 3.92. The van der Waals surface area contributed by atoms with Crippen LogP contribution in [-0.4, -0.2) is 6.54 Å². The SMILES string of the molecule is CC#CCC(NCC)c1cc2c(s1)CCCCC2. The van der Waals surface area contributed by atoms with E-state index in [1.165, 1.54) is 37.0 Å². The van der Waals surface area contributed by atoms with Crippen molar-refractivity contribution in [1.29, 1.82) is 0 Å². The van der Waals surface area contributed by atoms with Gasteiger partial charge in [-0.15, -0.1) is 23.2 Å². The first-order valence-electron chi connectivity index (χ1n) is 7.09. The van der Waals surface area contributed by atoms with Crippen molar-refractivity contribution in [3.8, 4) is 11.8 Å². The molecular formula is C16H23NS. The van der Waals surface area contributed by atoms with Gasteiger partial charge in [0.2, 0.25) is 0 Å². The molecule has 1 aliphatic rings. The van der Waals surface area contributed by atoms with Crippen LogP contribution in [0.4, 0.5) is 0 Å². The molecule has 1 heterocycles. The standard InChI is InChI=1S/C16H23NS/c1-3-5-10-14(17-4-2)16-12-13-9-7-6-8-11-15(13)18-16/h12,14,17H,4,6-11H2,1-2H3. The summed E-state index contributed by atoms with van der Waals surface area (Å²) in [5.41, 5.74) is 1.61. The Labute approximate surface area is 115 Å². The van der Waals surface area contributed by atoms with Crippen LogP contribution in [-0.2, 0) is 12.8 Å². The lowest BCUT2D eigenvalue weighted by Gasteiger charge is -2.13. The van der Waals surface area contributed by atoms with Crippen LogP contribution in [0, 0.1) is 11.8 Å². The fourth-order valence-electron chi connectivity index (χ4n) is 2.59. The van der Waals surface area contributed by atoms with Gasteiger partial charge < -0.3 is 5.32 Å². The molecule has 1 aromatic heterocycles. The molecule has 1 atom stereocenters. The molecule has 98 valence electrons. The van der Waals surface area contributed by atoms with Crippen molar-refractivity contribution in [2.75, 3.05) is 6.54 Å². The summed E-state index contributed by atoms with van der Waals surface area (Å²) in [6.07, 6.45) is 7.64. The van der Waals surface area contributed by atoms with Gasteiger partial charge in [-0.05, 0) is 50.8 Å².